The minimum Gasteiger partial charge on any atom is -0.353 e. The highest BCUT2D eigenvalue weighted by Crippen LogP contribution is 2.22. The fraction of sp³-hybridized carbons (Fsp3) is 0.556. The summed E-state index contributed by atoms with van der Waals surface area (Å²) in [5, 5.41) is 12.5. The minimum atomic E-state index is -0.0311. The van der Waals surface area contributed by atoms with Crippen molar-refractivity contribution in [2.45, 2.75) is 25.8 Å². The van der Waals surface area contributed by atoms with Crippen LogP contribution < -0.4 is 10.2 Å². The highest BCUT2D eigenvalue weighted by molar-refractivity contribution is 6.30. The van der Waals surface area contributed by atoms with Gasteiger partial charge in [-0.1, -0.05) is 16.8 Å². The van der Waals surface area contributed by atoms with Gasteiger partial charge in [-0.05, 0) is 45.0 Å². The van der Waals surface area contributed by atoms with Gasteiger partial charge in [-0.15, -0.1) is 5.10 Å². The Morgan fingerprint density at radius 3 is 2.59 bits per heavy atom. The second-order valence-electron chi connectivity index (χ2n) is 7.06. The maximum atomic E-state index is 13.0. The average Bonchev–Trinajstić information content (AvgIpc) is 3.10. The number of carbonyl (C=O) groups is 1. The number of rotatable bonds is 3. The number of pyridine rings is 1. The third-order valence-electron chi connectivity index (χ3n) is 5.39. The molecule has 2 aromatic heterocycles. The molecule has 9 heteroatoms. The van der Waals surface area contributed by atoms with E-state index in [-0.39, 0.29) is 5.91 Å². The number of nitrogens with one attached hydrogen (secondary N) is 1. The molecule has 2 aromatic rings. The Morgan fingerprint density at radius 1 is 1.19 bits per heavy atom. The lowest BCUT2D eigenvalue weighted by atomic mass is 10.1. The number of hydrogen-bond acceptors (Lipinski definition) is 6. The summed E-state index contributed by atoms with van der Waals surface area (Å²) in [5.74, 6) is 0.857. The average molecular weight is 390 g/mol. The highest BCUT2D eigenvalue weighted by atomic mass is 35.5. The molecular weight excluding hydrogens is 366 g/mol. The molecule has 1 N–H and O–H groups in total. The number of aromatic nitrogens is 4. The van der Waals surface area contributed by atoms with Crippen LogP contribution in [0.15, 0.2) is 18.3 Å². The van der Waals surface area contributed by atoms with E-state index in [0.717, 1.165) is 50.5 Å². The number of anilines is 1. The monoisotopic (exact) mass is 389 g/mol. The van der Waals surface area contributed by atoms with E-state index in [1.807, 2.05) is 28.6 Å². The fourth-order valence-electron chi connectivity index (χ4n) is 3.78. The molecule has 4 rings (SSSR count). The van der Waals surface area contributed by atoms with Gasteiger partial charge in [0.25, 0.3) is 5.91 Å². The van der Waals surface area contributed by atoms with Gasteiger partial charge in [0.1, 0.15) is 5.82 Å². The summed E-state index contributed by atoms with van der Waals surface area (Å²) < 4.78 is 1.93. The lowest BCUT2D eigenvalue weighted by Gasteiger charge is -2.35. The molecule has 2 aliphatic heterocycles. The highest BCUT2D eigenvalue weighted by Gasteiger charge is 2.28. The normalized spacial score (nSPS) is 18.7. The Labute approximate surface area is 163 Å². The van der Waals surface area contributed by atoms with Crippen LogP contribution in [0.25, 0.3) is 0 Å². The van der Waals surface area contributed by atoms with Crippen molar-refractivity contribution in [1.82, 2.24) is 30.2 Å². The van der Waals surface area contributed by atoms with Crippen molar-refractivity contribution in [2.24, 2.45) is 0 Å². The molecule has 8 nitrogen and oxygen atoms in total. The maximum Gasteiger partial charge on any atom is 0.276 e. The summed E-state index contributed by atoms with van der Waals surface area (Å²) in [5.41, 5.74) is 1.35. The van der Waals surface area contributed by atoms with E-state index in [0.29, 0.717) is 29.8 Å². The van der Waals surface area contributed by atoms with E-state index in [4.69, 9.17) is 11.6 Å². The van der Waals surface area contributed by atoms with Crippen molar-refractivity contribution < 1.29 is 4.79 Å². The summed E-state index contributed by atoms with van der Waals surface area (Å²) in [4.78, 5) is 21.3. The second-order valence-corrected chi connectivity index (χ2v) is 7.50. The van der Waals surface area contributed by atoms with E-state index in [1.165, 1.54) is 0 Å². The first-order valence-electron chi connectivity index (χ1n) is 9.42. The molecule has 144 valence electrons. The van der Waals surface area contributed by atoms with Crippen LogP contribution in [-0.2, 0) is 0 Å². The van der Waals surface area contributed by atoms with Crippen molar-refractivity contribution in [3.8, 4) is 0 Å². The smallest absolute Gasteiger partial charge is 0.276 e. The largest absolute Gasteiger partial charge is 0.353 e. The Morgan fingerprint density at radius 2 is 1.93 bits per heavy atom. The van der Waals surface area contributed by atoms with Crippen LogP contribution in [0.3, 0.4) is 0 Å². The molecule has 1 amide bonds. The molecule has 27 heavy (non-hydrogen) atoms. The predicted octanol–water partition coefficient (Wildman–Crippen LogP) is 1.52. The van der Waals surface area contributed by atoms with Gasteiger partial charge in [-0.3, -0.25) is 4.79 Å². The molecule has 0 spiro atoms. The van der Waals surface area contributed by atoms with Gasteiger partial charge in [0.05, 0.1) is 16.8 Å². The van der Waals surface area contributed by atoms with E-state index in [9.17, 15) is 4.79 Å². The van der Waals surface area contributed by atoms with Crippen molar-refractivity contribution in [3.05, 3.63) is 34.7 Å². The van der Waals surface area contributed by atoms with Gasteiger partial charge >= 0.3 is 0 Å². The predicted molar refractivity (Wildman–Crippen MR) is 103 cm³/mol. The molecular formula is C18H24ClN7O. The van der Waals surface area contributed by atoms with Gasteiger partial charge in [0, 0.05) is 32.4 Å². The maximum absolute atomic E-state index is 13.0. The number of carbonyl (C=O) groups excluding carboxylic acids is 1. The zero-order valence-corrected chi connectivity index (χ0v) is 16.2. The van der Waals surface area contributed by atoms with Gasteiger partial charge in [-0.25, -0.2) is 9.67 Å². The van der Waals surface area contributed by atoms with Gasteiger partial charge in [0.15, 0.2) is 5.69 Å². The molecule has 0 radical (unpaired) electrons. The topological polar surface area (TPSA) is 79.2 Å². The van der Waals surface area contributed by atoms with Gasteiger partial charge in [-0.2, -0.15) is 0 Å². The molecule has 0 aromatic carbocycles. The summed E-state index contributed by atoms with van der Waals surface area (Å²) >= 11 is 5.90. The molecule has 2 saturated heterocycles. The van der Waals surface area contributed by atoms with Gasteiger partial charge in [0.2, 0.25) is 0 Å². The third kappa shape index (κ3) is 3.77. The SMILES string of the molecule is Cc1c(C(=O)N2CCN(c3ccc(Cl)cn3)CC2)nnn1C1CCNCC1. The molecule has 2 aliphatic rings. The Hall–Kier alpha value is -2.19. The van der Waals surface area contributed by atoms with Crippen LogP contribution in [-0.4, -0.2) is 70.1 Å². The molecule has 0 bridgehead atoms. The van der Waals surface area contributed by atoms with E-state index in [1.54, 1.807) is 6.20 Å². The van der Waals surface area contributed by atoms with Crippen LogP contribution in [0, 0.1) is 6.92 Å². The molecule has 0 saturated carbocycles. The molecule has 0 unspecified atom stereocenters. The summed E-state index contributed by atoms with van der Waals surface area (Å²) in [6.07, 6.45) is 3.69. The molecule has 2 fully saturated rings. The van der Waals surface area contributed by atoms with Crippen LogP contribution in [0.2, 0.25) is 5.02 Å². The number of amides is 1. The van der Waals surface area contributed by atoms with Crippen molar-refractivity contribution >= 4 is 23.3 Å². The molecule has 0 aliphatic carbocycles. The van der Waals surface area contributed by atoms with Crippen molar-refractivity contribution in [3.63, 3.8) is 0 Å². The van der Waals surface area contributed by atoms with E-state index in [2.05, 4.69) is 25.5 Å². The van der Waals surface area contributed by atoms with Gasteiger partial charge < -0.3 is 15.1 Å². The number of nitrogens with zero attached hydrogens (tertiary/aromatic N) is 6. The number of piperidine rings is 1. The summed E-state index contributed by atoms with van der Waals surface area (Å²) in [6.45, 7) is 6.67. The Balaban J connectivity index is 1.41. The second kappa shape index (κ2) is 7.82. The van der Waals surface area contributed by atoms with Crippen molar-refractivity contribution in [2.75, 3.05) is 44.2 Å². The first kappa shape index (κ1) is 18.2. The van der Waals surface area contributed by atoms with Crippen LogP contribution in [0.4, 0.5) is 5.82 Å². The zero-order chi connectivity index (χ0) is 18.8. The van der Waals surface area contributed by atoms with Crippen LogP contribution in [0.5, 0.6) is 0 Å². The number of piperazine rings is 1. The van der Waals surface area contributed by atoms with Crippen LogP contribution >= 0.6 is 11.6 Å². The first-order valence-corrected chi connectivity index (χ1v) is 9.79. The fourth-order valence-corrected chi connectivity index (χ4v) is 3.89. The lowest BCUT2D eigenvalue weighted by Crippen LogP contribution is -2.49. The molecule has 4 heterocycles. The zero-order valence-electron chi connectivity index (χ0n) is 15.4. The summed E-state index contributed by atoms with van der Waals surface area (Å²) in [7, 11) is 0. The Bertz CT molecular complexity index is 793. The first-order chi connectivity index (χ1) is 13.1. The van der Waals surface area contributed by atoms with E-state index >= 15 is 0 Å². The number of halogens is 1. The third-order valence-corrected chi connectivity index (χ3v) is 5.61. The van der Waals surface area contributed by atoms with E-state index < -0.39 is 0 Å². The van der Waals surface area contributed by atoms with Crippen molar-refractivity contribution in [1.29, 1.82) is 0 Å². The quantitative estimate of drug-likeness (QED) is 0.857. The molecule has 0 atom stereocenters. The number of hydrogen-bond donors (Lipinski definition) is 1. The lowest BCUT2D eigenvalue weighted by molar-refractivity contribution is 0.0739. The van der Waals surface area contributed by atoms with Crippen LogP contribution in [0.1, 0.15) is 35.1 Å². The minimum absolute atomic E-state index is 0.0311. The summed E-state index contributed by atoms with van der Waals surface area (Å²) in [6, 6.07) is 4.08. The Kier molecular flexibility index (Phi) is 5.27. The standard InChI is InChI=1S/C18H24ClN7O/c1-13-17(22-23-26(13)15-4-6-20-7-5-15)18(27)25-10-8-24(9-11-25)16-3-2-14(19)12-21-16/h2-3,12,15,20H,4-11H2,1H3.